The summed E-state index contributed by atoms with van der Waals surface area (Å²) in [4.78, 5) is 34.7. The molecule has 0 N–H and O–H groups in total. The molecule has 0 saturated carbocycles. The summed E-state index contributed by atoms with van der Waals surface area (Å²) in [7, 11) is 2.49. The Morgan fingerprint density at radius 2 is 1.44 bits per heavy atom. The second kappa shape index (κ2) is 17.1. The minimum absolute atomic E-state index is 0.147. The summed E-state index contributed by atoms with van der Waals surface area (Å²) >= 11 is 0. The van der Waals surface area contributed by atoms with Crippen LogP contribution in [-0.2, 0) is 35.0 Å². The highest BCUT2D eigenvalue weighted by Gasteiger charge is 2.25. The standard InChI is InChI=1S/C28H36O8/c1-32-27(30)23(21-29)15-16-26(28(31)33-2)36-19-9-11-22-10-8-14-25(20-22)35-18-7-6-17-34-24-12-4-3-5-13-24/h3-5,8,10,12-14,20-21,23,26H,6-7,9,11,15-19H2,1-2H3. The van der Waals surface area contributed by atoms with Gasteiger partial charge in [-0.2, -0.15) is 0 Å². The van der Waals surface area contributed by atoms with Crippen molar-refractivity contribution in [1.82, 2.24) is 0 Å². The maximum absolute atomic E-state index is 12.0. The molecule has 0 bridgehead atoms. The predicted octanol–water partition coefficient (Wildman–Crippen LogP) is 4.18. The first-order valence-electron chi connectivity index (χ1n) is 12.2. The number of methoxy groups -OCH3 is 2. The van der Waals surface area contributed by atoms with Gasteiger partial charge >= 0.3 is 11.9 Å². The number of esters is 2. The first kappa shape index (κ1) is 28.8. The van der Waals surface area contributed by atoms with E-state index in [2.05, 4.69) is 4.74 Å². The summed E-state index contributed by atoms with van der Waals surface area (Å²) < 4.78 is 26.6. The number of para-hydroxylation sites is 1. The topological polar surface area (TPSA) is 97.4 Å². The number of ether oxygens (including phenoxy) is 5. The van der Waals surface area contributed by atoms with Crippen molar-refractivity contribution in [1.29, 1.82) is 0 Å². The van der Waals surface area contributed by atoms with Crippen molar-refractivity contribution in [2.45, 2.75) is 44.6 Å². The summed E-state index contributed by atoms with van der Waals surface area (Å²) in [5, 5.41) is 0. The van der Waals surface area contributed by atoms with Crippen molar-refractivity contribution in [3.63, 3.8) is 0 Å². The lowest BCUT2D eigenvalue weighted by molar-refractivity contribution is -0.156. The van der Waals surface area contributed by atoms with Gasteiger partial charge in [-0.15, -0.1) is 0 Å². The molecular weight excluding hydrogens is 464 g/mol. The van der Waals surface area contributed by atoms with Crippen molar-refractivity contribution < 1.29 is 38.1 Å². The van der Waals surface area contributed by atoms with Crippen molar-refractivity contribution >= 4 is 18.2 Å². The SMILES string of the molecule is COC(=O)C(C=O)CCC(OCCCc1cccc(OCCCCOc2ccccc2)c1)C(=O)OC. The zero-order valence-corrected chi connectivity index (χ0v) is 21.1. The third-order valence-electron chi connectivity index (χ3n) is 5.52. The number of carbonyl (C=O) groups is 3. The second-order valence-electron chi connectivity index (χ2n) is 8.19. The van der Waals surface area contributed by atoms with E-state index >= 15 is 0 Å². The molecule has 0 amide bonds. The lowest BCUT2D eigenvalue weighted by atomic mass is 10.0. The Kier molecular flexibility index (Phi) is 13.7. The third kappa shape index (κ3) is 10.9. The summed E-state index contributed by atoms with van der Waals surface area (Å²) in [5.74, 6) is -0.401. The summed E-state index contributed by atoms with van der Waals surface area (Å²) in [6, 6.07) is 17.6. The van der Waals surface area contributed by atoms with E-state index in [0.717, 1.165) is 36.3 Å². The zero-order valence-electron chi connectivity index (χ0n) is 21.1. The summed E-state index contributed by atoms with van der Waals surface area (Å²) in [5.41, 5.74) is 1.10. The average Bonchev–Trinajstić information content (AvgIpc) is 2.92. The van der Waals surface area contributed by atoms with Gasteiger partial charge in [-0.05, 0) is 68.4 Å². The molecule has 2 rings (SSSR count). The molecule has 8 heteroatoms. The van der Waals surface area contributed by atoms with Gasteiger partial charge in [0.25, 0.3) is 0 Å². The minimum atomic E-state index is -0.926. The van der Waals surface area contributed by atoms with Crippen LogP contribution >= 0.6 is 0 Å². The van der Waals surface area contributed by atoms with Gasteiger partial charge in [0, 0.05) is 6.61 Å². The fourth-order valence-corrected chi connectivity index (χ4v) is 3.52. The Morgan fingerprint density at radius 1 is 0.778 bits per heavy atom. The molecule has 0 fully saturated rings. The number of unbranched alkanes of at least 4 members (excludes halogenated alkanes) is 1. The molecule has 36 heavy (non-hydrogen) atoms. The normalized spacial score (nSPS) is 12.3. The van der Waals surface area contributed by atoms with Crippen molar-refractivity contribution in [2.24, 2.45) is 5.92 Å². The van der Waals surface area contributed by atoms with Crippen LogP contribution in [-0.4, -0.2) is 58.4 Å². The van der Waals surface area contributed by atoms with E-state index < -0.39 is 24.0 Å². The number of aldehydes is 1. The van der Waals surface area contributed by atoms with E-state index in [0.29, 0.717) is 32.5 Å². The molecule has 8 nitrogen and oxygen atoms in total. The largest absolute Gasteiger partial charge is 0.494 e. The van der Waals surface area contributed by atoms with Gasteiger partial charge in [0.1, 0.15) is 23.7 Å². The zero-order chi connectivity index (χ0) is 26.0. The van der Waals surface area contributed by atoms with Crippen LogP contribution in [0.1, 0.15) is 37.7 Å². The third-order valence-corrected chi connectivity index (χ3v) is 5.52. The lowest BCUT2D eigenvalue weighted by Gasteiger charge is -2.17. The molecule has 2 aromatic carbocycles. The minimum Gasteiger partial charge on any atom is -0.494 e. The van der Waals surface area contributed by atoms with Gasteiger partial charge in [-0.25, -0.2) is 4.79 Å². The first-order chi connectivity index (χ1) is 17.6. The van der Waals surface area contributed by atoms with Crippen LogP contribution in [0.4, 0.5) is 0 Å². The summed E-state index contributed by atoms with van der Waals surface area (Å²) in [6.45, 7) is 1.59. The monoisotopic (exact) mass is 500 g/mol. The van der Waals surface area contributed by atoms with Crippen LogP contribution in [0.15, 0.2) is 54.6 Å². The van der Waals surface area contributed by atoms with Crippen LogP contribution in [0.2, 0.25) is 0 Å². The van der Waals surface area contributed by atoms with E-state index in [1.54, 1.807) is 0 Å². The number of hydrogen-bond acceptors (Lipinski definition) is 8. The second-order valence-corrected chi connectivity index (χ2v) is 8.19. The number of hydrogen-bond donors (Lipinski definition) is 0. The molecule has 0 spiro atoms. The molecule has 2 aromatic rings. The molecule has 2 unspecified atom stereocenters. The van der Waals surface area contributed by atoms with Gasteiger partial charge in [0.05, 0.1) is 27.4 Å². The van der Waals surface area contributed by atoms with Crippen molar-refractivity contribution in [3.05, 3.63) is 60.2 Å². The van der Waals surface area contributed by atoms with Crippen LogP contribution in [0, 0.1) is 5.92 Å². The van der Waals surface area contributed by atoms with E-state index in [4.69, 9.17) is 18.9 Å². The molecule has 2 atom stereocenters. The fraction of sp³-hybridized carbons (Fsp3) is 0.464. The van der Waals surface area contributed by atoms with Crippen molar-refractivity contribution in [3.8, 4) is 11.5 Å². The van der Waals surface area contributed by atoms with Gasteiger partial charge in [-0.3, -0.25) is 4.79 Å². The average molecular weight is 501 g/mol. The molecule has 0 aliphatic heterocycles. The molecule has 0 radical (unpaired) electrons. The highest BCUT2D eigenvalue weighted by atomic mass is 16.6. The van der Waals surface area contributed by atoms with Gasteiger partial charge in [0.15, 0.2) is 6.10 Å². The highest BCUT2D eigenvalue weighted by Crippen LogP contribution is 2.17. The van der Waals surface area contributed by atoms with Crippen molar-refractivity contribution in [2.75, 3.05) is 34.0 Å². The number of carbonyl (C=O) groups excluding carboxylic acids is 3. The molecule has 0 aromatic heterocycles. The lowest BCUT2D eigenvalue weighted by Crippen LogP contribution is -2.28. The smallest absolute Gasteiger partial charge is 0.334 e. The number of rotatable bonds is 18. The quantitative estimate of drug-likeness (QED) is 0.130. The maximum Gasteiger partial charge on any atom is 0.334 e. The Balaban J connectivity index is 1.67. The van der Waals surface area contributed by atoms with Crippen LogP contribution in [0.3, 0.4) is 0 Å². The van der Waals surface area contributed by atoms with Crippen LogP contribution in [0.5, 0.6) is 11.5 Å². The van der Waals surface area contributed by atoms with Gasteiger partial charge in [-0.1, -0.05) is 30.3 Å². The molecule has 0 aliphatic carbocycles. The molecule has 0 heterocycles. The van der Waals surface area contributed by atoms with Crippen LogP contribution < -0.4 is 9.47 Å². The predicted molar refractivity (Wildman–Crippen MR) is 134 cm³/mol. The fourth-order valence-electron chi connectivity index (χ4n) is 3.52. The molecule has 0 aliphatic rings. The van der Waals surface area contributed by atoms with Gasteiger partial charge in [0.2, 0.25) is 0 Å². The van der Waals surface area contributed by atoms with E-state index in [9.17, 15) is 14.4 Å². The Morgan fingerprint density at radius 3 is 2.11 bits per heavy atom. The molecule has 196 valence electrons. The number of aryl methyl sites for hydroxylation is 1. The Bertz CT molecular complexity index is 915. The molecular formula is C28H36O8. The van der Waals surface area contributed by atoms with E-state index in [1.807, 2.05) is 54.6 Å². The van der Waals surface area contributed by atoms with E-state index in [1.165, 1.54) is 14.2 Å². The Hall–Kier alpha value is -3.39. The number of benzene rings is 2. The first-order valence-corrected chi connectivity index (χ1v) is 12.2. The van der Waals surface area contributed by atoms with Gasteiger partial charge < -0.3 is 28.5 Å². The maximum atomic E-state index is 12.0. The van der Waals surface area contributed by atoms with E-state index in [-0.39, 0.29) is 12.8 Å². The Labute approximate surface area is 212 Å². The molecule has 0 saturated heterocycles. The highest BCUT2D eigenvalue weighted by molar-refractivity contribution is 5.87. The van der Waals surface area contributed by atoms with Crippen LogP contribution in [0.25, 0.3) is 0 Å². The summed E-state index contributed by atoms with van der Waals surface area (Å²) in [6.07, 6.45) is 3.23.